The van der Waals surface area contributed by atoms with Crippen molar-refractivity contribution in [2.24, 2.45) is 0 Å². The van der Waals surface area contributed by atoms with Gasteiger partial charge in [0.2, 0.25) is 0 Å². The molecule has 0 unspecified atom stereocenters. The molecule has 146 valence electrons. The van der Waals surface area contributed by atoms with E-state index in [2.05, 4.69) is 15.9 Å². The molecule has 0 bridgehead atoms. The molecule has 3 nitrogen and oxygen atoms in total. The zero-order valence-electron chi connectivity index (χ0n) is 15.5. The summed E-state index contributed by atoms with van der Waals surface area (Å²) in [5.41, 5.74) is 1.70. The van der Waals surface area contributed by atoms with Crippen LogP contribution >= 0.6 is 15.9 Å². The summed E-state index contributed by atoms with van der Waals surface area (Å²) in [5.74, 6) is 0.0715. The Labute approximate surface area is 175 Å². The molecule has 0 radical (unpaired) electrons. The predicted molar refractivity (Wildman–Crippen MR) is 111 cm³/mol. The van der Waals surface area contributed by atoms with E-state index in [1.807, 2.05) is 6.07 Å². The fraction of sp³-hybridized carbons (Fsp3) is 0.0870. The fourth-order valence-electron chi connectivity index (χ4n) is 2.73. The molecule has 3 aromatic rings. The lowest BCUT2D eigenvalue weighted by molar-refractivity contribution is 0.284. The smallest absolute Gasteiger partial charge is 0.162 e. The molecule has 3 rings (SSSR count). The summed E-state index contributed by atoms with van der Waals surface area (Å²) in [5, 5.41) is 9.48. The summed E-state index contributed by atoms with van der Waals surface area (Å²) >= 11 is 3.45. The van der Waals surface area contributed by atoms with E-state index in [0.717, 1.165) is 0 Å². The van der Waals surface area contributed by atoms with Crippen LogP contribution in [-0.2, 0) is 6.61 Å². The van der Waals surface area contributed by atoms with Crippen molar-refractivity contribution < 1.29 is 18.3 Å². The summed E-state index contributed by atoms with van der Waals surface area (Å²) < 4.78 is 39.2. The van der Waals surface area contributed by atoms with Crippen molar-refractivity contribution in [3.63, 3.8) is 0 Å². The molecular formula is C23H16BrF2NO2. The average Bonchev–Trinajstić information content (AvgIpc) is 2.72. The lowest BCUT2D eigenvalue weighted by atomic mass is 10.0. The van der Waals surface area contributed by atoms with Crippen LogP contribution in [0.3, 0.4) is 0 Å². The molecule has 3 aromatic carbocycles. The van der Waals surface area contributed by atoms with Gasteiger partial charge in [-0.3, -0.25) is 0 Å². The molecule has 0 N–H and O–H groups in total. The number of nitrogens with zero attached hydrogens (tertiary/aromatic N) is 1. The Balaban J connectivity index is 1.92. The molecule has 0 spiro atoms. The maximum atomic E-state index is 14.1. The molecule has 0 atom stereocenters. The maximum Gasteiger partial charge on any atom is 0.162 e. The van der Waals surface area contributed by atoms with Gasteiger partial charge in [0.15, 0.2) is 11.5 Å². The molecule has 0 aliphatic carbocycles. The molecule has 0 fully saturated rings. The van der Waals surface area contributed by atoms with Crippen LogP contribution in [-0.4, -0.2) is 7.11 Å². The summed E-state index contributed by atoms with van der Waals surface area (Å²) in [6.45, 7) is 0.161. The van der Waals surface area contributed by atoms with Crippen LogP contribution in [0, 0.1) is 23.0 Å². The van der Waals surface area contributed by atoms with E-state index < -0.39 is 5.82 Å². The van der Waals surface area contributed by atoms with E-state index in [4.69, 9.17) is 9.47 Å². The Morgan fingerprint density at radius 2 is 1.86 bits per heavy atom. The van der Waals surface area contributed by atoms with Crippen LogP contribution in [0.5, 0.6) is 11.5 Å². The number of methoxy groups -OCH3 is 1. The maximum absolute atomic E-state index is 14.1. The number of nitriles is 1. The van der Waals surface area contributed by atoms with Crippen molar-refractivity contribution in [1.82, 2.24) is 0 Å². The van der Waals surface area contributed by atoms with Gasteiger partial charge in [-0.1, -0.05) is 46.3 Å². The summed E-state index contributed by atoms with van der Waals surface area (Å²) in [6.07, 6.45) is 1.57. The van der Waals surface area contributed by atoms with Gasteiger partial charge in [-0.2, -0.15) is 5.26 Å². The van der Waals surface area contributed by atoms with Crippen LogP contribution in [0.4, 0.5) is 8.78 Å². The minimum Gasteiger partial charge on any atom is -0.493 e. The van der Waals surface area contributed by atoms with Gasteiger partial charge in [0.1, 0.15) is 18.2 Å². The molecule has 0 amide bonds. The van der Waals surface area contributed by atoms with E-state index >= 15 is 0 Å². The lowest BCUT2D eigenvalue weighted by Crippen LogP contribution is -1.99. The molecule has 6 heteroatoms. The lowest BCUT2D eigenvalue weighted by Gasteiger charge is -2.13. The topological polar surface area (TPSA) is 42.2 Å². The van der Waals surface area contributed by atoms with Gasteiger partial charge in [0.25, 0.3) is 0 Å². The summed E-state index contributed by atoms with van der Waals surface area (Å²) in [4.78, 5) is 0. The molecule has 0 heterocycles. The van der Waals surface area contributed by atoms with Gasteiger partial charge in [0, 0.05) is 10.0 Å². The molecule has 29 heavy (non-hydrogen) atoms. The van der Waals surface area contributed by atoms with Crippen LogP contribution in [0.1, 0.15) is 16.7 Å². The second-order valence-corrected chi connectivity index (χ2v) is 6.95. The number of rotatable bonds is 6. The average molecular weight is 456 g/mol. The van der Waals surface area contributed by atoms with Crippen LogP contribution in [0.25, 0.3) is 11.6 Å². The van der Waals surface area contributed by atoms with Crippen molar-refractivity contribution in [2.75, 3.05) is 7.11 Å². The fourth-order valence-corrected chi connectivity index (χ4v) is 3.16. The first-order valence-electron chi connectivity index (χ1n) is 8.63. The van der Waals surface area contributed by atoms with Crippen molar-refractivity contribution in [2.45, 2.75) is 6.61 Å². The predicted octanol–water partition coefficient (Wildman–Crippen LogP) is 6.38. The van der Waals surface area contributed by atoms with Crippen molar-refractivity contribution in [3.05, 3.63) is 93.5 Å². The highest BCUT2D eigenvalue weighted by atomic mass is 79.9. The first-order chi connectivity index (χ1) is 14.0. The molecule has 0 aliphatic rings. The van der Waals surface area contributed by atoms with Gasteiger partial charge in [0.05, 0.1) is 18.8 Å². The van der Waals surface area contributed by atoms with Gasteiger partial charge < -0.3 is 9.47 Å². The molecule has 0 aliphatic heterocycles. The zero-order valence-corrected chi connectivity index (χ0v) is 17.0. The Bertz CT molecular complexity index is 1110. The highest BCUT2D eigenvalue weighted by molar-refractivity contribution is 9.10. The van der Waals surface area contributed by atoms with Crippen LogP contribution < -0.4 is 9.47 Å². The Morgan fingerprint density at radius 3 is 2.55 bits per heavy atom. The van der Waals surface area contributed by atoms with Crippen molar-refractivity contribution in [3.8, 4) is 17.6 Å². The molecule has 0 saturated carbocycles. The zero-order chi connectivity index (χ0) is 20.8. The van der Waals surface area contributed by atoms with Gasteiger partial charge >= 0.3 is 0 Å². The Hall–Kier alpha value is -3.17. The first-order valence-corrected chi connectivity index (χ1v) is 9.42. The minimum atomic E-state index is -0.474. The monoisotopic (exact) mass is 455 g/mol. The number of hydrogen-bond acceptors (Lipinski definition) is 3. The minimum absolute atomic E-state index is 0.161. The van der Waals surface area contributed by atoms with E-state index in [9.17, 15) is 14.0 Å². The van der Waals surface area contributed by atoms with E-state index in [-0.39, 0.29) is 23.6 Å². The van der Waals surface area contributed by atoms with Gasteiger partial charge in [-0.15, -0.1) is 0 Å². The number of hydrogen-bond donors (Lipinski definition) is 0. The van der Waals surface area contributed by atoms with Crippen molar-refractivity contribution >= 4 is 27.6 Å². The number of benzene rings is 3. The summed E-state index contributed by atoms with van der Waals surface area (Å²) in [6, 6.07) is 17.6. The second kappa shape index (κ2) is 9.35. The highest BCUT2D eigenvalue weighted by Crippen LogP contribution is 2.36. The number of halogens is 3. The van der Waals surface area contributed by atoms with Gasteiger partial charge in [-0.05, 0) is 47.5 Å². The first kappa shape index (κ1) is 20.6. The van der Waals surface area contributed by atoms with E-state index in [1.54, 1.807) is 48.5 Å². The summed E-state index contributed by atoms with van der Waals surface area (Å²) in [7, 11) is 1.49. The third-order valence-corrected chi connectivity index (χ3v) is 4.84. The third kappa shape index (κ3) is 5.01. The third-order valence-electron chi connectivity index (χ3n) is 4.15. The standard InChI is InChI=1S/C23H16BrF2NO2/c1-28-22-11-16(10-17(13-27)19-7-2-3-8-21(19)26)20(24)12-23(22)29-14-15-5-4-6-18(25)9-15/h2-12H,14H2,1H3/b17-10-. The van der Waals surface area contributed by atoms with Gasteiger partial charge in [-0.25, -0.2) is 8.78 Å². The quantitative estimate of drug-likeness (QED) is 0.319. The van der Waals surface area contributed by atoms with Crippen molar-refractivity contribution in [1.29, 1.82) is 5.26 Å². The largest absolute Gasteiger partial charge is 0.493 e. The van der Waals surface area contributed by atoms with Crippen LogP contribution in [0.2, 0.25) is 0 Å². The SMILES string of the molecule is COc1cc(/C=C(/C#N)c2ccccc2F)c(Br)cc1OCc1cccc(F)c1. The second-order valence-electron chi connectivity index (χ2n) is 6.09. The normalized spacial score (nSPS) is 11.1. The number of allylic oxidation sites excluding steroid dienone is 1. The Kier molecular flexibility index (Phi) is 6.63. The van der Waals surface area contributed by atoms with Crippen LogP contribution in [0.15, 0.2) is 65.1 Å². The highest BCUT2D eigenvalue weighted by Gasteiger charge is 2.13. The molecular weight excluding hydrogens is 440 g/mol. The Morgan fingerprint density at radius 1 is 1.07 bits per heavy atom. The van der Waals surface area contributed by atoms with E-state index in [1.165, 1.54) is 25.3 Å². The number of ether oxygens (including phenoxy) is 2. The molecule has 0 aromatic heterocycles. The molecule has 0 saturated heterocycles. The van der Waals surface area contributed by atoms with E-state index in [0.29, 0.717) is 27.1 Å².